The van der Waals surface area contributed by atoms with Gasteiger partial charge in [0.05, 0.1) is 25.0 Å². The summed E-state index contributed by atoms with van der Waals surface area (Å²) in [5, 5.41) is 12.1. The topological polar surface area (TPSA) is 75.6 Å². The fraction of sp³-hybridized carbons (Fsp3) is 0.333. The smallest absolute Gasteiger partial charge is 0.305 e. The zero-order valence-corrected chi connectivity index (χ0v) is 15.4. The zero-order valence-electron chi connectivity index (χ0n) is 15.4. The molecule has 1 amide bonds. The number of ether oxygens (including phenoxy) is 1. The van der Waals surface area contributed by atoms with Crippen LogP contribution in [0.3, 0.4) is 0 Å². The van der Waals surface area contributed by atoms with E-state index in [1.54, 1.807) is 0 Å². The van der Waals surface area contributed by atoms with Crippen molar-refractivity contribution in [1.82, 2.24) is 5.32 Å². The number of hydrogen-bond acceptors (Lipinski definition) is 3. The van der Waals surface area contributed by atoms with E-state index in [1.165, 1.54) is 0 Å². The molecule has 0 saturated carbocycles. The van der Waals surface area contributed by atoms with Crippen molar-refractivity contribution in [3.8, 4) is 5.75 Å². The number of para-hydroxylation sites is 1. The highest BCUT2D eigenvalue weighted by Crippen LogP contribution is 2.23. The third kappa shape index (κ3) is 5.62. The van der Waals surface area contributed by atoms with Crippen LogP contribution in [0.25, 0.3) is 0 Å². The van der Waals surface area contributed by atoms with Crippen LogP contribution < -0.4 is 10.1 Å². The van der Waals surface area contributed by atoms with Gasteiger partial charge in [0, 0.05) is 5.56 Å². The van der Waals surface area contributed by atoms with E-state index in [0.717, 1.165) is 16.7 Å². The first-order valence-corrected chi connectivity index (χ1v) is 8.68. The van der Waals surface area contributed by atoms with E-state index in [9.17, 15) is 14.7 Å². The zero-order chi connectivity index (χ0) is 19.1. The second-order valence-electron chi connectivity index (χ2n) is 6.53. The quantitative estimate of drug-likeness (QED) is 0.758. The molecule has 1 atom stereocenters. The molecule has 0 aliphatic carbocycles. The SMILES string of the molecule is Cc1ccccc1C(CC(=O)O)NC(=O)Cc1ccccc1OC(C)C. The summed E-state index contributed by atoms with van der Waals surface area (Å²) in [6.07, 6.45) is -0.0306. The second kappa shape index (κ2) is 9.04. The third-order valence-electron chi connectivity index (χ3n) is 3.96. The first kappa shape index (κ1) is 19.5. The van der Waals surface area contributed by atoms with Crippen molar-refractivity contribution in [3.05, 3.63) is 65.2 Å². The van der Waals surface area contributed by atoms with Crippen LogP contribution in [0, 0.1) is 6.92 Å². The van der Waals surface area contributed by atoms with E-state index in [4.69, 9.17) is 4.74 Å². The monoisotopic (exact) mass is 355 g/mol. The highest BCUT2D eigenvalue weighted by Gasteiger charge is 2.20. The maximum atomic E-state index is 12.6. The van der Waals surface area contributed by atoms with Gasteiger partial charge in [-0.3, -0.25) is 9.59 Å². The molecule has 2 rings (SSSR count). The van der Waals surface area contributed by atoms with Crippen LogP contribution in [0.15, 0.2) is 48.5 Å². The molecule has 0 bridgehead atoms. The molecule has 0 fully saturated rings. The number of carboxylic acids is 1. The normalized spacial score (nSPS) is 11.8. The van der Waals surface area contributed by atoms with Gasteiger partial charge in [-0.05, 0) is 38.0 Å². The van der Waals surface area contributed by atoms with Crippen molar-refractivity contribution >= 4 is 11.9 Å². The predicted octanol–water partition coefficient (Wildman–Crippen LogP) is 3.66. The number of amides is 1. The maximum absolute atomic E-state index is 12.6. The number of nitrogens with one attached hydrogen (secondary N) is 1. The summed E-state index contributed by atoms with van der Waals surface area (Å²) >= 11 is 0. The largest absolute Gasteiger partial charge is 0.491 e. The van der Waals surface area contributed by atoms with E-state index in [-0.39, 0.29) is 24.9 Å². The molecule has 138 valence electrons. The van der Waals surface area contributed by atoms with E-state index >= 15 is 0 Å². The first-order chi connectivity index (χ1) is 12.4. The van der Waals surface area contributed by atoms with Crippen LogP contribution in [0.2, 0.25) is 0 Å². The van der Waals surface area contributed by atoms with Crippen LogP contribution >= 0.6 is 0 Å². The van der Waals surface area contributed by atoms with Gasteiger partial charge in [0.2, 0.25) is 5.91 Å². The lowest BCUT2D eigenvalue weighted by atomic mass is 9.98. The van der Waals surface area contributed by atoms with Gasteiger partial charge in [0.15, 0.2) is 0 Å². The standard InChI is InChI=1S/C21H25NO4/c1-14(2)26-19-11-7-5-9-16(19)12-20(23)22-18(13-21(24)25)17-10-6-4-8-15(17)3/h4-11,14,18H,12-13H2,1-3H3,(H,22,23)(H,24,25). The number of rotatable bonds is 8. The lowest BCUT2D eigenvalue weighted by Gasteiger charge is -2.20. The van der Waals surface area contributed by atoms with E-state index < -0.39 is 12.0 Å². The number of carbonyl (C=O) groups excluding carboxylic acids is 1. The highest BCUT2D eigenvalue weighted by atomic mass is 16.5. The van der Waals surface area contributed by atoms with Gasteiger partial charge in [-0.15, -0.1) is 0 Å². The molecule has 26 heavy (non-hydrogen) atoms. The summed E-state index contributed by atoms with van der Waals surface area (Å²) in [4.78, 5) is 23.8. The van der Waals surface area contributed by atoms with Gasteiger partial charge < -0.3 is 15.2 Å². The predicted molar refractivity (Wildman–Crippen MR) is 100 cm³/mol. The molecule has 0 aliphatic rings. The lowest BCUT2D eigenvalue weighted by molar-refractivity contribution is -0.137. The number of carboxylic acid groups (broad SMARTS) is 1. The minimum atomic E-state index is -0.956. The van der Waals surface area contributed by atoms with Gasteiger partial charge >= 0.3 is 5.97 Å². The van der Waals surface area contributed by atoms with Crippen LogP contribution in [-0.2, 0) is 16.0 Å². The van der Waals surface area contributed by atoms with Crippen molar-refractivity contribution in [1.29, 1.82) is 0 Å². The Labute approximate surface area is 154 Å². The summed E-state index contributed by atoms with van der Waals surface area (Å²) in [5.41, 5.74) is 2.54. The summed E-state index contributed by atoms with van der Waals surface area (Å²) in [6, 6.07) is 14.3. The van der Waals surface area contributed by atoms with Crippen molar-refractivity contribution in [2.24, 2.45) is 0 Å². The molecule has 0 heterocycles. The van der Waals surface area contributed by atoms with E-state index in [2.05, 4.69) is 5.32 Å². The highest BCUT2D eigenvalue weighted by molar-refractivity contribution is 5.80. The van der Waals surface area contributed by atoms with Crippen molar-refractivity contribution in [2.45, 2.75) is 45.8 Å². The summed E-state index contributed by atoms with van der Waals surface area (Å²) in [5.74, 6) is -0.523. The second-order valence-corrected chi connectivity index (χ2v) is 6.53. The Morgan fingerprint density at radius 2 is 1.73 bits per heavy atom. The van der Waals surface area contributed by atoms with Gasteiger partial charge in [-0.1, -0.05) is 42.5 Å². The molecule has 5 nitrogen and oxygen atoms in total. The van der Waals surface area contributed by atoms with Crippen molar-refractivity contribution in [2.75, 3.05) is 0 Å². The van der Waals surface area contributed by atoms with Gasteiger partial charge in [0.25, 0.3) is 0 Å². The van der Waals surface area contributed by atoms with Gasteiger partial charge in [-0.2, -0.15) is 0 Å². The Bertz CT molecular complexity index is 770. The average molecular weight is 355 g/mol. The minimum absolute atomic E-state index is 0.00550. The number of aliphatic carboxylic acids is 1. The average Bonchev–Trinajstić information content (AvgIpc) is 2.55. The molecule has 2 N–H and O–H groups in total. The lowest BCUT2D eigenvalue weighted by Crippen LogP contribution is -2.32. The van der Waals surface area contributed by atoms with Gasteiger partial charge in [-0.25, -0.2) is 0 Å². The Hall–Kier alpha value is -2.82. The summed E-state index contributed by atoms with van der Waals surface area (Å²) in [6.45, 7) is 5.76. The van der Waals surface area contributed by atoms with Crippen LogP contribution in [0.1, 0.15) is 43.0 Å². The van der Waals surface area contributed by atoms with Crippen LogP contribution in [0.5, 0.6) is 5.75 Å². The molecule has 2 aromatic carbocycles. The number of benzene rings is 2. The first-order valence-electron chi connectivity index (χ1n) is 8.68. The Morgan fingerprint density at radius 3 is 2.38 bits per heavy atom. The van der Waals surface area contributed by atoms with Crippen molar-refractivity contribution in [3.63, 3.8) is 0 Å². The number of hydrogen-bond donors (Lipinski definition) is 2. The summed E-state index contributed by atoms with van der Waals surface area (Å²) < 4.78 is 5.75. The van der Waals surface area contributed by atoms with Crippen molar-refractivity contribution < 1.29 is 19.4 Å². The van der Waals surface area contributed by atoms with E-state index in [1.807, 2.05) is 69.3 Å². The third-order valence-corrected chi connectivity index (χ3v) is 3.96. The summed E-state index contributed by atoms with van der Waals surface area (Å²) in [7, 11) is 0. The fourth-order valence-corrected chi connectivity index (χ4v) is 2.83. The Kier molecular flexibility index (Phi) is 6.78. The Balaban J connectivity index is 2.16. The molecule has 0 aliphatic heterocycles. The molecular weight excluding hydrogens is 330 g/mol. The molecule has 0 spiro atoms. The van der Waals surface area contributed by atoms with Crippen LogP contribution in [-0.4, -0.2) is 23.1 Å². The molecule has 2 aromatic rings. The number of aryl methyl sites for hydroxylation is 1. The van der Waals surface area contributed by atoms with E-state index in [0.29, 0.717) is 5.75 Å². The maximum Gasteiger partial charge on any atom is 0.305 e. The van der Waals surface area contributed by atoms with Gasteiger partial charge in [0.1, 0.15) is 5.75 Å². The molecule has 0 radical (unpaired) electrons. The molecular formula is C21H25NO4. The molecule has 0 saturated heterocycles. The van der Waals surface area contributed by atoms with Crippen LogP contribution in [0.4, 0.5) is 0 Å². The fourth-order valence-electron chi connectivity index (χ4n) is 2.83. The minimum Gasteiger partial charge on any atom is -0.491 e. The molecule has 5 heteroatoms. The molecule has 0 aromatic heterocycles. The number of carbonyl (C=O) groups is 2. The Morgan fingerprint density at radius 1 is 1.08 bits per heavy atom. The molecule has 1 unspecified atom stereocenters.